The van der Waals surface area contributed by atoms with Gasteiger partial charge in [-0.15, -0.1) is 0 Å². The summed E-state index contributed by atoms with van der Waals surface area (Å²) in [5, 5.41) is 3.05. The number of rotatable bonds is 6. The quantitative estimate of drug-likeness (QED) is 0.668. The van der Waals surface area contributed by atoms with E-state index in [0.717, 1.165) is 51.3 Å². The van der Waals surface area contributed by atoms with Gasteiger partial charge in [0.15, 0.2) is 0 Å². The first-order valence-electron chi connectivity index (χ1n) is 12.1. The Morgan fingerprint density at radius 3 is 2.49 bits per heavy atom. The highest BCUT2D eigenvalue weighted by atomic mass is 19.4. The summed E-state index contributed by atoms with van der Waals surface area (Å²) in [5.74, 6) is 0.853. The van der Waals surface area contributed by atoms with Crippen molar-refractivity contribution >= 4 is 12.0 Å². The SMILES string of the molecule is C[C@@H]1CN(c2ncc(C(F)(F)F)cn2)CCN1C(=O)NCCC1CCN(Cc2cccnc2)CC1. The molecule has 0 aromatic carbocycles. The molecule has 2 fully saturated rings. The molecule has 0 radical (unpaired) electrons. The predicted molar refractivity (Wildman–Crippen MR) is 126 cm³/mol. The fourth-order valence-electron chi connectivity index (χ4n) is 4.74. The number of alkyl halides is 3. The number of piperazine rings is 1. The molecule has 4 heterocycles. The Hall–Kier alpha value is -2.95. The van der Waals surface area contributed by atoms with E-state index in [0.29, 0.717) is 32.1 Å². The van der Waals surface area contributed by atoms with Crippen LogP contribution in [0.1, 0.15) is 37.3 Å². The number of carbonyl (C=O) groups excluding carboxylic acids is 1. The topological polar surface area (TPSA) is 77.5 Å². The van der Waals surface area contributed by atoms with Crippen molar-refractivity contribution in [2.24, 2.45) is 5.92 Å². The fourth-order valence-corrected chi connectivity index (χ4v) is 4.74. The lowest BCUT2D eigenvalue weighted by molar-refractivity contribution is -0.138. The van der Waals surface area contributed by atoms with Gasteiger partial charge in [0, 0.05) is 63.6 Å². The average molecular weight is 492 g/mol. The third-order valence-corrected chi connectivity index (χ3v) is 6.80. The maximum Gasteiger partial charge on any atom is 0.419 e. The molecule has 0 spiro atoms. The minimum absolute atomic E-state index is 0.0977. The van der Waals surface area contributed by atoms with Crippen LogP contribution in [-0.4, -0.2) is 76.1 Å². The fraction of sp³-hybridized carbons (Fsp3) is 0.583. The zero-order chi connectivity index (χ0) is 24.8. The summed E-state index contributed by atoms with van der Waals surface area (Å²) in [6.07, 6.45) is 4.05. The van der Waals surface area contributed by atoms with Gasteiger partial charge < -0.3 is 15.1 Å². The van der Waals surface area contributed by atoms with E-state index in [-0.39, 0.29) is 18.0 Å². The molecule has 1 N–H and O–H groups in total. The highest BCUT2D eigenvalue weighted by Gasteiger charge is 2.33. The van der Waals surface area contributed by atoms with Crippen LogP contribution in [0.25, 0.3) is 0 Å². The first kappa shape index (κ1) is 25.2. The van der Waals surface area contributed by atoms with Crippen molar-refractivity contribution in [2.45, 2.75) is 44.9 Å². The van der Waals surface area contributed by atoms with Crippen molar-refractivity contribution in [1.82, 2.24) is 30.1 Å². The molecule has 2 aliphatic rings. The molecule has 0 saturated carbocycles. The van der Waals surface area contributed by atoms with Crippen LogP contribution in [0.3, 0.4) is 0 Å². The second-order valence-electron chi connectivity index (χ2n) is 9.36. The molecular weight excluding hydrogens is 459 g/mol. The van der Waals surface area contributed by atoms with Gasteiger partial charge in [-0.3, -0.25) is 9.88 Å². The molecule has 0 aliphatic carbocycles. The van der Waals surface area contributed by atoms with Crippen LogP contribution in [0.2, 0.25) is 0 Å². The lowest BCUT2D eigenvalue weighted by Gasteiger charge is -2.39. The molecule has 35 heavy (non-hydrogen) atoms. The molecule has 4 rings (SSSR count). The normalized spacial score (nSPS) is 20.2. The summed E-state index contributed by atoms with van der Waals surface area (Å²) in [5.41, 5.74) is 0.365. The number of carbonyl (C=O) groups is 1. The minimum Gasteiger partial charge on any atom is -0.338 e. The Kier molecular flexibility index (Phi) is 8.04. The first-order valence-corrected chi connectivity index (χ1v) is 12.1. The Bertz CT molecular complexity index is 950. The van der Waals surface area contributed by atoms with Gasteiger partial charge in [0.25, 0.3) is 0 Å². The van der Waals surface area contributed by atoms with Crippen LogP contribution in [0.15, 0.2) is 36.9 Å². The molecular formula is C24H32F3N7O. The van der Waals surface area contributed by atoms with E-state index >= 15 is 0 Å². The van der Waals surface area contributed by atoms with Gasteiger partial charge >= 0.3 is 12.2 Å². The van der Waals surface area contributed by atoms with Gasteiger partial charge in [-0.1, -0.05) is 6.07 Å². The highest BCUT2D eigenvalue weighted by molar-refractivity contribution is 5.74. The lowest BCUT2D eigenvalue weighted by atomic mass is 9.93. The maximum absolute atomic E-state index is 12.7. The average Bonchev–Trinajstić information content (AvgIpc) is 2.85. The smallest absolute Gasteiger partial charge is 0.338 e. The molecule has 2 amide bonds. The Balaban J connectivity index is 1.16. The van der Waals surface area contributed by atoms with Gasteiger partial charge in [0.05, 0.1) is 5.56 Å². The molecule has 2 saturated heterocycles. The Labute approximate surface area is 203 Å². The number of hydrogen-bond donors (Lipinski definition) is 1. The van der Waals surface area contributed by atoms with Gasteiger partial charge in [-0.2, -0.15) is 13.2 Å². The number of halogens is 3. The molecule has 2 aliphatic heterocycles. The Morgan fingerprint density at radius 1 is 1.11 bits per heavy atom. The van der Waals surface area contributed by atoms with Crippen molar-refractivity contribution in [3.8, 4) is 0 Å². The number of hydrogen-bond acceptors (Lipinski definition) is 6. The number of likely N-dealkylation sites (tertiary alicyclic amines) is 1. The predicted octanol–water partition coefficient (Wildman–Crippen LogP) is 3.41. The maximum atomic E-state index is 12.7. The number of nitrogens with zero attached hydrogens (tertiary/aromatic N) is 6. The molecule has 1 atom stereocenters. The molecule has 0 bridgehead atoms. The van der Waals surface area contributed by atoms with Gasteiger partial charge in [0.1, 0.15) is 0 Å². The van der Waals surface area contributed by atoms with E-state index in [2.05, 4.69) is 31.2 Å². The van der Waals surface area contributed by atoms with Crippen molar-refractivity contribution in [3.05, 3.63) is 48.0 Å². The summed E-state index contributed by atoms with van der Waals surface area (Å²) in [4.78, 5) is 30.7. The standard InChI is InChI=1S/C24H32F3N7O/c1-18-16-33(22-30-14-21(15-31-22)24(25,26)27)11-12-34(18)23(35)29-8-4-19-5-9-32(10-6-19)17-20-3-2-7-28-13-20/h2-3,7,13-15,18-19H,4-6,8-12,16-17H2,1H3,(H,29,35)/t18-/m1/s1. The second-order valence-corrected chi connectivity index (χ2v) is 9.36. The molecule has 8 nitrogen and oxygen atoms in total. The van der Waals surface area contributed by atoms with Crippen molar-refractivity contribution < 1.29 is 18.0 Å². The van der Waals surface area contributed by atoms with Gasteiger partial charge in [-0.25, -0.2) is 14.8 Å². The first-order chi connectivity index (χ1) is 16.8. The highest BCUT2D eigenvalue weighted by Crippen LogP contribution is 2.28. The van der Waals surface area contributed by atoms with Gasteiger partial charge in [0.2, 0.25) is 5.95 Å². The van der Waals surface area contributed by atoms with Crippen molar-refractivity contribution in [1.29, 1.82) is 0 Å². The molecule has 2 aromatic rings. The van der Waals surface area contributed by atoms with Crippen molar-refractivity contribution in [3.63, 3.8) is 0 Å². The summed E-state index contributed by atoms with van der Waals surface area (Å²) in [6, 6.07) is 3.87. The number of nitrogens with one attached hydrogen (secondary N) is 1. The van der Waals surface area contributed by atoms with Crippen LogP contribution in [0, 0.1) is 5.92 Å². The van der Waals surface area contributed by atoms with E-state index in [4.69, 9.17) is 0 Å². The van der Waals surface area contributed by atoms with Crippen molar-refractivity contribution in [2.75, 3.05) is 44.2 Å². The van der Waals surface area contributed by atoms with Crippen LogP contribution in [-0.2, 0) is 12.7 Å². The zero-order valence-corrected chi connectivity index (χ0v) is 19.9. The number of amides is 2. The number of anilines is 1. The van der Waals surface area contributed by atoms with E-state index in [1.165, 1.54) is 5.56 Å². The summed E-state index contributed by atoms with van der Waals surface area (Å²) < 4.78 is 38.2. The van der Waals surface area contributed by atoms with E-state index in [1.807, 2.05) is 24.1 Å². The summed E-state index contributed by atoms with van der Waals surface area (Å²) in [6.45, 7) is 7.00. The summed E-state index contributed by atoms with van der Waals surface area (Å²) in [7, 11) is 0. The van der Waals surface area contributed by atoms with E-state index < -0.39 is 11.7 Å². The lowest BCUT2D eigenvalue weighted by Crippen LogP contribution is -2.57. The number of pyridine rings is 1. The molecule has 11 heteroatoms. The third-order valence-electron chi connectivity index (χ3n) is 6.80. The van der Waals surface area contributed by atoms with Crippen LogP contribution >= 0.6 is 0 Å². The van der Waals surface area contributed by atoms with Crippen LogP contribution in [0.4, 0.5) is 23.9 Å². The number of urea groups is 1. The minimum atomic E-state index is -4.46. The monoisotopic (exact) mass is 491 g/mol. The number of aromatic nitrogens is 3. The number of piperidine rings is 1. The third kappa shape index (κ3) is 6.81. The second kappa shape index (κ2) is 11.2. The largest absolute Gasteiger partial charge is 0.419 e. The Morgan fingerprint density at radius 2 is 1.86 bits per heavy atom. The van der Waals surface area contributed by atoms with Crippen LogP contribution < -0.4 is 10.2 Å². The van der Waals surface area contributed by atoms with Crippen LogP contribution in [0.5, 0.6) is 0 Å². The molecule has 190 valence electrons. The van der Waals surface area contributed by atoms with E-state index in [9.17, 15) is 18.0 Å². The molecule has 0 unspecified atom stereocenters. The zero-order valence-electron chi connectivity index (χ0n) is 19.9. The van der Waals surface area contributed by atoms with Gasteiger partial charge in [-0.05, 0) is 56.8 Å². The van der Waals surface area contributed by atoms with E-state index in [1.54, 1.807) is 11.1 Å². The summed E-state index contributed by atoms with van der Waals surface area (Å²) >= 11 is 0. The molecule has 2 aromatic heterocycles.